The fourth-order valence-corrected chi connectivity index (χ4v) is 2.04. The Balaban J connectivity index is 2.12. The lowest BCUT2D eigenvalue weighted by molar-refractivity contribution is 0.0960. The van der Waals surface area contributed by atoms with Crippen LogP contribution in [0.4, 0.5) is 0 Å². The van der Waals surface area contributed by atoms with E-state index in [1.54, 1.807) is 23.0 Å². The van der Waals surface area contributed by atoms with E-state index in [0.717, 1.165) is 16.5 Å². The molecule has 0 aliphatic carbocycles. The highest BCUT2D eigenvalue weighted by Gasteiger charge is 2.12. The highest BCUT2D eigenvalue weighted by molar-refractivity contribution is 6.00. The molecule has 0 atom stereocenters. The summed E-state index contributed by atoms with van der Waals surface area (Å²) in [5.74, 6) is -0.0973. The average molecular weight is 236 g/mol. The van der Waals surface area contributed by atoms with Crippen LogP contribution in [-0.2, 0) is 0 Å². The van der Waals surface area contributed by atoms with Crippen molar-refractivity contribution in [2.24, 2.45) is 0 Å². The first-order valence-electron chi connectivity index (χ1n) is 5.79. The van der Waals surface area contributed by atoms with Crippen LogP contribution >= 0.6 is 0 Å². The minimum absolute atomic E-state index is 0.0973. The van der Waals surface area contributed by atoms with E-state index in [-0.39, 0.29) is 5.91 Å². The summed E-state index contributed by atoms with van der Waals surface area (Å²) in [5.41, 5.74) is 2.41. The summed E-state index contributed by atoms with van der Waals surface area (Å²) >= 11 is 0. The van der Waals surface area contributed by atoms with Gasteiger partial charge in [0, 0.05) is 17.8 Å². The molecular formula is C15H12N2O. The van der Waals surface area contributed by atoms with E-state index in [9.17, 15) is 4.79 Å². The maximum atomic E-state index is 12.4. The number of rotatable bonds is 1. The first-order valence-corrected chi connectivity index (χ1v) is 5.79. The summed E-state index contributed by atoms with van der Waals surface area (Å²) in [6.07, 6.45) is 3.45. The number of para-hydroxylation sites is 1. The van der Waals surface area contributed by atoms with Gasteiger partial charge in [-0.2, -0.15) is 0 Å². The second kappa shape index (κ2) is 4.11. The van der Waals surface area contributed by atoms with Gasteiger partial charge in [-0.05, 0) is 36.8 Å². The monoisotopic (exact) mass is 236 g/mol. The summed E-state index contributed by atoms with van der Waals surface area (Å²) in [6, 6.07) is 13.4. The van der Waals surface area contributed by atoms with Crippen LogP contribution in [0, 0.1) is 6.92 Å². The van der Waals surface area contributed by atoms with Crippen LogP contribution in [0.15, 0.2) is 54.9 Å². The predicted molar refractivity (Wildman–Crippen MR) is 70.6 cm³/mol. The lowest BCUT2D eigenvalue weighted by Crippen LogP contribution is -2.12. The van der Waals surface area contributed by atoms with E-state index < -0.39 is 0 Å². The lowest BCUT2D eigenvalue weighted by Gasteiger charge is -2.04. The Bertz CT molecular complexity index is 728. The van der Waals surface area contributed by atoms with Gasteiger partial charge in [-0.3, -0.25) is 14.3 Å². The van der Waals surface area contributed by atoms with E-state index >= 15 is 0 Å². The molecule has 88 valence electrons. The van der Waals surface area contributed by atoms with Gasteiger partial charge in [-0.1, -0.05) is 18.2 Å². The van der Waals surface area contributed by atoms with Crippen LogP contribution in [0.5, 0.6) is 0 Å². The smallest absolute Gasteiger partial charge is 0.280 e. The molecule has 3 aromatic rings. The third-order valence-corrected chi connectivity index (χ3v) is 2.95. The molecule has 3 rings (SSSR count). The van der Waals surface area contributed by atoms with Gasteiger partial charge in [-0.15, -0.1) is 0 Å². The van der Waals surface area contributed by atoms with Crippen LogP contribution in [0.1, 0.15) is 16.1 Å². The molecule has 18 heavy (non-hydrogen) atoms. The van der Waals surface area contributed by atoms with Gasteiger partial charge in [0.15, 0.2) is 0 Å². The van der Waals surface area contributed by atoms with Crippen LogP contribution in [0.3, 0.4) is 0 Å². The van der Waals surface area contributed by atoms with Gasteiger partial charge in [0.2, 0.25) is 0 Å². The molecule has 0 bridgehead atoms. The summed E-state index contributed by atoms with van der Waals surface area (Å²) < 4.78 is 1.64. The fraction of sp³-hybridized carbons (Fsp3) is 0.0667. The SMILES string of the molecule is Cc1ccnc(C(=O)n2ccc3ccccc32)c1. The molecule has 0 fully saturated rings. The quantitative estimate of drug-likeness (QED) is 0.651. The lowest BCUT2D eigenvalue weighted by atomic mass is 10.2. The van der Waals surface area contributed by atoms with E-state index in [1.807, 2.05) is 43.3 Å². The zero-order valence-corrected chi connectivity index (χ0v) is 10.00. The van der Waals surface area contributed by atoms with Crippen molar-refractivity contribution in [3.8, 4) is 0 Å². The minimum Gasteiger partial charge on any atom is -0.282 e. The Labute approximate surface area is 105 Å². The van der Waals surface area contributed by atoms with Crippen LogP contribution in [-0.4, -0.2) is 15.5 Å². The molecule has 2 heterocycles. The van der Waals surface area contributed by atoms with Gasteiger partial charge in [-0.25, -0.2) is 0 Å². The van der Waals surface area contributed by atoms with Crippen molar-refractivity contribution in [1.29, 1.82) is 0 Å². The Morgan fingerprint density at radius 1 is 1.17 bits per heavy atom. The van der Waals surface area contributed by atoms with E-state index in [0.29, 0.717) is 5.69 Å². The number of aryl methyl sites for hydroxylation is 1. The molecule has 1 aromatic carbocycles. The third-order valence-electron chi connectivity index (χ3n) is 2.95. The summed E-state index contributed by atoms with van der Waals surface area (Å²) in [5, 5.41) is 1.05. The second-order valence-electron chi connectivity index (χ2n) is 4.27. The topological polar surface area (TPSA) is 34.9 Å². The van der Waals surface area contributed by atoms with Crippen molar-refractivity contribution in [3.63, 3.8) is 0 Å². The van der Waals surface area contributed by atoms with Crippen molar-refractivity contribution in [3.05, 3.63) is 66.1 Å². The van der Waals surface area contributed by atoms with Crippen molar-refractivity contribution in [2.75, 3.05) is 0 Å². The highest BCUT2D eigenvalue weighted by Crippen LogP contribution is 2.16. The van der Waals surface area contributed by atoms with Crippen molar-refractivity contribution in [2.45, 2.75) is 6.92 Å². The minimum atomic E-state index is -0.0973. The molecule has 0 aliphatic heterocycles. The van der Waals surface area contributed by atoms with Gasteiger partial charge in [0.05, 0.1) is 5.52 Å². The predicted octanol–water partition coefficient (Wildman–Crippen LogP) is 3.03. The number of pyridine rings is 1. The number of fused-ring (bicyclic) bond motifs is 1. The Hall–Kier alpha value is -2.42. The molecule has 3 heteroatoms. The first-order chi connectivity index (χ1) is 8.75. The fourth-order valence-electron chi connectivity index (χ4n) is 2.04. The number of hydrogen-bond donors (Lipinski definition) is 0. The number of benzene rings is 1. The van der Waals surface area contributed by atoms with Gasteiger partial charge < -0.3 is 0 Å². The number of nitrogens with zero attached hydrogens (tertiary/aromatic N) is 2. The molecule has 3 nitrogen and oxygen atoms in total. The van der Waals surface area contributed by atoms with E-state index in [4.69, 9.17) is 0 Å². The van der Waals surface area contributed by atoms with Crippen molar-refractivity contribution >= 4 is 16.8 Å². The normalized spacial score (nSPS) is 10.7. The Kier molecular flexibility index (Phi) is 2.45. The number of carbonyl (C=O) groups is 1. The van der Waals surface area contributed by atoms with Gasteiger partial charge >= 0.3 is 0 Å². The summed E-state index contributed by atoms with van der Waals surface area (Å²) in [4.78, 5) is 16.5. The third kappa shape index (κ3) is 1.70. The maximum absolute atomic E-state index is 12.4. The molecule has 0 saturated carbocycles. The molecule has 0 spiro atoms. The molecule has 0 radical (unpaired) electrons. The molecule has 2 aromatic heterocycles. The van der Waals surface area contributed by atoms with Crippen molar-refractivity contribution < 1.29 is 4.79 Å². The molecule has 0 unspecified atom stereocenters. The molecule has 0 aliphatic rings. The average Bonchev–Trinajstić information content (AvgIpc) is 2.82. The van der Waals surface area contributed by atoms with Crippen molar-refractivity contribution in [1.82, 2.24) is 9.55 Å². The zero-order chi connectivity index (χ0) is 12.5. The highest BCUT2D eigenvalue weighted by atomic mass is 16.2. The van der Waals surface area contributed by atoms with E-state index in [1.165, 1.54) is 0 Å². The number of hydrogen-bond acceptors (Lipinski definition) is 2. The number of carbonyl (C=O) groups excluding carboxylic acids is 1. The van der Waals surface area contributed by atoms with Gasteiger partial charge in [0.25, 0.3) is 5.91 Å². The number of aromatic nitrogens is 2. The summed E-state index contributed by atoms with van der Waals surface area (Å²) in [7, 11) is 0. The van der Waals surface area contributed by atoms with E-state index in [2.05, 4.69) is 4.98 Å². The van der Waals surface area contributed by atoms with Crippen LogP contribution in [0.2, 0.25) is 0 Å². The Morgan fingerprint density at radius 2 is 2.00 bits per heavy atom. The standard InChI is InChI=1S/C15H12N2O/c1-11-6-8-16-13(10-11)15(18)17-9-7-12-4-2-3-5-14(12)17/h2-10H,1H3. The largest absolute Gasteiger partial charge is 0.282 e. The second-order valence-corrected chi connectivity index (χ2v) is 4.27. The van der Waals surface area contributed by atoms with Crippen LogP contribution in [0.25, 0.3) is 10.9 Å². The molecule has 0 saturated heterocycles. The molecular weight excluding hydrogens is 224 g/mol. The van der Waals surface area contributed by atoms with Gasteiger partial charge in [0.1, 0.15) is 5.69 Å². The Morgan fingerprint density at radius 3 is 2.83 bits per heavy atom. The zero-order valence-electron chi connectivity index (χ0n) is 10.00. The molecule has 0 amide bonds. The molecule has 0 N–H and O–H groups in total. The summed E-state index contributed by atoms with van der Waals surface area (Å²) in [6.45, 7) is 1.95. The maximum Gasteiger partial charge on any atom is 0.280 e. The van der Waals surface area contributed by atoms with Crippen LogP contribution < -0.4 is 0 Å². The first kappa shape index (κ1) is 10.7.